The minimum atomic E-state index is -3.11. The van der Waals surface area contributed by atoms with Crippen molar-refractivity contribution in [3.05, 3.63) is 22.3 Å². The summed E-state index contributed by atoms with van der Waals surface area (Å²) in [6, 6.07) is 2.10. The Hall–Kier alpha value is -0.660. The molecule has 0 amide bonds. The Morgan fingerprint density at radius 3 is 2.73 bits per heavy atom. The standard InChI is InChI=1S/C15H22BrN3O2S/c1-11-8-12(16)9-17-15(11)19-7-3-4-13(10-19)18(2)22(20,21)14-5-6-14/h8-9,13-14H,3-7,10H2,1-2H3. The molecule has 0 N–H and O–H groups in total. The largest absolute Gasteiger partial charge is 0.355 e. The van der Waals surface area contributed by atoms with E-state index in [2.05, 4.69) is 31.9 Å². The average molecular weight is 388 g/mol. The van der Waals surface area contributed by atoms with Gasteiger partial charge in [-0.2, -0.15) is 4.31 Å². The molecule has 0 aromatic carbocycles. The van der Waals surface area contributed by atoms with Gasteiger partial charge in [0.2, 0.25) is 10.0 Å². The third kappa shape index (κ3) is 3.16. The number of rotatable bonds is 4. The second-order valence-electron chi connectivity index (χ2n) is 6.30. The molecule has 5 nitrogen and oxygen atoms in total. The Bertz CT molecular complexity index is 661. The fourth-order valence-corrected chi connectivity index (χ4v) is 5.35. The number of hydrogen-bond acceptors (Lipinski definition) is 4. The number of pyridine rings is 1. The van der Waals surface area contributed by atoms with Crippen molar-refractivity contribution in [1.29, 1.82) is 0 Å². The summed E-state index contributed by atoms with van der Waals surface area (Å²) in [6.45, 7) is 3.70. The summed E-state index contributed by atoms with van der Waals surface area (Å²) >= 11 is 3.44. The fraction of sp³-hybridized carbons (Fsp3) is 0.667. The van der Waals surface area contributed by atoms with Gasteiger partial charge in [-0.05, 0) is 60.2 Å². The van der Waals surface area contributed by atoms with E-state index in [1.165, 1.54) is 0 Å². The molecular weight excluding hydrogens is 366 g/mol. The van der Waals surface area contributed by atoms with Gasteiger partial charge in [0, 0.05) is 36.8 Å². The van der Waals surface area contributed by atoms with Gasteiger partial charge in [0.25, 0.3) is 0 Å². The zero-order valence-electron chi connectivity index (χ0n) is 13.0. The van der Waals surface area contributed by atoms with E-state index in [9.17, 15) is 8.42 Å². The monoisotopic (exact) mass is 387 g/mol. The Balaban J connectivity index is 1.76. The normalized spacial score (nSPS) is 23.1. The van der Waals surface area contributed by atoms with Crippen LogP contribution in [0.15, 0.2) is 16.7 Å². The fourth-order valence-electron chi connectivity index (χ4n) is 3.12. The van der Waals surface area contributed by atoms with Crippen molar-refractivity contribution < 1.29 is 8.42 Å². The molecule has 0 spiro atoms. The van der Waals surface area contributed by atoms with E-state index < -0.39 is 10.0 Å². The van der Waals surface area contributed by atoms with E-state index in [4.69, 9.17) is 0 Å². The Morgan fingerprint density at radius 2 is 2.09 bits per heavy atom. The molecule has 22 heavy (non-hydrogen) atoms. The van der Waals surface area contributed by atoms with Gasteiger partial charge >= 0.3 is 0 Å². The van der Waals surface area contributed by atoms with Crippen molar-refractivity contribution >= 4 is 31.8 Å². The lowest BCUT2D eigenvalue weighted by Gasteiger charge is -2.38. The summed E-state index contributed by atoms with van der Waals surface area (Å²) in [7, 11) is -1.37. The molecule has 1 aliphatic heterocycles. The van der Waals surface area contributed by atoms with Gasteiger partial charge in [0.15, 0.2) is 0 Å². The Kier molecular flexibility index (Phi) is 4.49. The van der Waals surface area contributed by atoms with E-state index in [0.29, 0.717) is 0 Å². The van der Waals surface area contributed by atoms with Crippen LogP contribution in [-0.2, 0) is 10.0 Å². The zero-order valence-corrected chi connectivity index (χ0v) is 15.4. The van der Waals surface area contributed by atoms with Crippen LogP contribution in [0.25, 0.3) is 0 Å². The smallest absolute Gasteiger partial charge is 0.217 e. The first-order valence-electron chi connectivity index (χ1n) is 7.73. The van der Waals surface area contributed by atoms with Crippen molar-refractivity contribution in [2.75, 3.05) is 25.0 Å². The molecular formula is C15H22BrN3O2S. The maximum atomic E-state index is 12.4. The van der Waals surface area contributed by atoms with Gasteiger partial charge < -0.3 is 4.90 Å². The maximum absolute atomic E-state index is 12.4. The predicted octanol–water partition coefficient (Wildman–Crippen LogP) is 2.55. The summed E-state index contributed by atoms with van der Waals surface area (Å²) in [4.78, 5) is 6.73. The van der Waals surface area contributed by atoms with Gasteiger partial charge in [-0.25, -0.2) is 13.4 Å². The van der Waals surface area contributed by atoms with Crippen molar-refractivity contribution in [2.45, 2.75) is 43.9 Å². The summed E-state index contributed by atoms with van der Waals surface area (Å²) in [6.07, 6.45) is 5.35. The van der Waals surface area contributed by atoms with Gasteiger partial charge in [-0.15, -0.1) is 0 Å². The van der Waals surface area contributed by atoms with E-state index >= 15 is 0 Å². The highest BCUT2D eigenvalue weighted by molar-refractivity contribution is 9.10. The highest BCUT2D eigenvalue weighted by Crippen LogP contribution is 2.33. The summed E-state index contributed by atoms with van der Waals surface area (Å²) in [5, 5.41) is -0.139. The molecule has 1 aromatic rings. The first kappa shape index (κ1) is 16.2. The van der Waals surface area contributed by atoms with Crippen molar-refractivity contribution in [3.63, 3.8) is 0 Å². The van der Waals surface area contributed by atoms with Crippen molar-refractivity contribution in [1.82, 2.24) is 9.29 Å². The Labute approximate surface area is 140 Å². The predicted molar refractivity (Wildman–Crippen MR) is 91.6 cm³/mol. The topological polar surface area (TPSA) is 53.5 Å². The lowest BCUT2D eigenvalue weighted by Crippen LogP contribution is -2.49. The van der Waals surface area contributed by atoms with Crippen molar-refractivity contribution in [3.8, 4) is 0 Å². The number of piperidine rings is 1. The second-order valence-corrected chi connectivity index (χ2v) is 9.48. The van der Waals surface area contributed by atoms with Crippen LogP contribution >= 0.6 is 15.9 Å². The number of halogens is 1. The summed E-state index contributed by atoms with van der Waals surface area (Å²) in [5.41, 5.74) is 1.11. The van der Waals surface area contributed by atoms with E-state index in [-0.39, 0.29) is 11.3 Å². The molecule has 1 aliphatic carbocycles. The lowest BCUT2D eigenvalue weighted by atomic mass is 10.1. The molecule has 1 atom stereocenters. The number of likely N-dealkylation sites (N-methyl/N-ethyl adjacent to an activating group) is 1. The molecule has 1 saturated carbocycles. The molecule has 2 heterocycles. The average Bonchev–Trinajstić information content (AvgIpc) is 3.31. The molecule has 1 unspecified atom stereocenters. The zero-order chi connectivity index (χ0) is 15.9. The SMILES string of the molecule is Cc1cc(Br)cnc1N1CCCC(N(C)S(=O)(=O)C2CC2)C1. The number of hydrogen-bond donors (Lipinski definition) is 0. The number of aryl methyl sites for hydroxylation is 1. The number of sulfonamides is 1. The first-order chi connectivity index (χ1) is 10.4. The van der Waals surface area contributed by atoms with Crippen LogP contribution in [0, 0.1) is 6.92 Å². The lowest BCUT2D eigenvalue weighted by molar-refractivity contribution is 0.319. The minimum Gasteiger partial charge on any atom is -0.355 e. The molecule has 1 saturated heterocycles. The van der Waals surface area contributed by atoms with Crippen LogP contribution in [0.5, 0.6) is 0 Å². The van der Waals surface area contributed by atoms with Crippen LogP contribution in [0.4, 0.5) is 5.82 Å². The minimum absolute atomic E-state index is 0.0456. The summed E-state index contributed by atoms with van der Waals surface area (Å²) in [5.74, 6) is 0.963. The third-order valence-electron chi connectivity index (χ3n) is 4.57. The third-order valence-corrected chi connectivity index (χ3v) is 7.42. The van der Waals surface area contributed by atoms with Crippen LogP contribution in [0.1, 0.15) is 31.2 Å². The van der Waals surface area contributed by atoms with Gasteiger partial charge in [0.1, 0.15) is 5.82 Å². The summed E-state index contributed by atoms with van der Waals surface area (Å²) < 4.78 is 27.4. The number of nitrogens with zero attached hydrogens (tertiary/aromatic N) is 3. The van der Waals surface area contributed by atoms with E-state index in [0.717, 1.165) is 54.6 Å². The van der Waals surface area contributed by atoms with E-state index in [1.807, 2.05) is 6.92 Å². The van der Waals surface area contributed by atoms with E-state index in [1.54, 1.807) is 17.5 Å². The molecule has 3 rings (SSSR count). The number of anilines is 1. The Morgan fingerprint density at radius 1 is 1.36 bits per heavy atom. The molecule has 122 valence electrons. The van der Waals surface area contributed by atoms with Crippen LogP contribution < -0.4 is 4.90 Å². The maximum Gasteiger partial charge on any atom is 0.217 e. The molecule has 2 fully saturated rings. The molecule has 2 aliphatic rings. The van der Waals surface area contributed by atoms with Crippen LogP contribution in [-0.4, -0.2) is 49.1 Å². The second kappa shape index (κ2) is 6.09. The number of aromatic nitrogens is 1. The first-order valence-corrected chi connectivity index (χ1v) is 10.0. The van der Waals surface area contributed by atoms with Crippen LogP contribution in [0.3, 0.4) is 0 Å². The molecule has 7 heteroatoms. The van der Waals surface area contributed by atoms with Gasteiger partial charge in [-0.3, -0.25) is 0 Å². The highest BCUT2D eigenvalue weighted by Gasteiger charge is 2.41. The van der Waals surface area contributed by atoms with Crippen molar-refractivity contribution in [2.24, 2.45) is 0 Å². The van der Waals surface area contributed by atoms with Gasteiger partial charge in [-0.1, -0.05) is 0 Å². The molecule has 0 bridgehead atoms. The molecule has 1 aromatic heterocycles. The van der Waals surface area contributed by atoms with Crippen LogP contribution in [0.2, 0.25) is 0 Å². The highest BCUT2D eigenvalue weighted by atomic mass is 79.9. The molecule has 0 radical (unpaired) electrons. The quantitative estimate of drug-likeness (QED) is 0.796. The van der Waals surface area contributed by atoms with Gasteiger partial charge in [0.05, 0.1) is 5.25 Å².